The first-order valence-corrected chi connectivity index (χ1v) is 11.5. The lowest BCUT2D eigenvalue weighted by atomic mass is 9.63. The number of hydrogen-bond acceptors (Lipinski definition) is 2. The number of hydrogen-bond donors (Lipinski definition) is 2. The highest BCUT2D eigenvalue weighted by Crippen LogP contribution is 2.46. The number of fused-ring (bicyclic) bond motifs is 1. The molecule has 0 heterocycles. The quantitative estimate of drug-likeness (QED) is 0.451. The zero-order valence-electron chi connectivity index (χ0n) is 20.2. The van der Waals surface area contributed by atoms with Crippen molar-refractivity contribution in [1.82, 2.24) is 0 Å². The summed E-state index contributed by atoms with van der Waals surface area (Å²) in [5.41, 5.74) is 6.39. The molecular weight excluding hydrogens is 412 g/mol. The zero-order valence-corrected chi connectivity index (χ0v) is 20.2. The normalized spacial score (nSPS) is 18.0. The summed E-state index contributed by atoms with van der Waals surface area (Å²) < 4.78 is 0. The lowest BCUT2D eigenvalue weighted by Gasteiger charge is -2.42. The van der Waals surface area contributed by atoms with Crippen LogP contribution in [0.5, 0.6) is 0 Å². The van der Waals surface area contributed by atoms with Gasteiger partial charge in [-0.2, -0.15) is 0 Å². The van der Waals surface area contributed by atoms with E-state index in [2.05, 4.69) is 58.9 Å². The van der Waals surface area contributed by atoms with E-state index in [-0.39, 0.29) is 22.3 Å². The summed E-state index contributed by atoms with van der Waals surface area (Å²) in [5.74, 6) is -2.25. The summed E-state index contributed by atoms with van der Waals surface area (Å²) >= 11 is 0. The van der Waals surface area contributed by atoms with Crippen molar-refractivity contribution in [2.75, 3.05) is 0 Å². The zero-order chi connectivity index (χ0) is 24.4. The minimum Gasteiger partial charge on any atom is -0.478 e. The van der Waals surface area contributed by atoms with Gasteiger partial charge >= 0.3 is 11.9 Å². The van der Waals surface area contributed by atoms with Crippen molar-refractivity contribution >= 4 is 17.5 Å². The fourth-order valence-corrected chi connectivity index (χ4v) is 4.68. The van der Waals surface area contributed by atoms with Gasteiger partial charge in [0, 0.05) is 12.0 Å². The summed E-state index contributed by atoms with van der Waals surface area (Å²) in [6.07, 6.45) is 7.78. The molecule has 2 N–H and O–H groups in total. The van der Waals surface area contributed by atoms with Gasteiger partial charge in [0.25, 0.3) is 0 Å². The molecular formula is C29H34O4. The topological polar surface area (TPSA) is 74.6 Å². The van der Waals surface area contributed by atoms with E-state index in [1.807, 2.05) is 6.07 Å². The standard InChI is InChI=1S/C29H34O4/c1-19(21-11-13-24-25(18-21)29(4,5)16-15-28(24,2)3)9-10-20(12-14-26(30)31)22-7-6-8-23(17-22)27(32)33/h6-9,11-14,17-18,20H,10,15-16H2,1-5H3,(H,30,31)(H,32,33). The third-order valence-electron chi connectivity index (χ3n) is 7.02. The molecule has 0 radical (unpaired) electrons. The van der Waals surface area contributed by atoms with Crippen molar-refractivity contribution in [3.63, 3.8) is 0 Å². The molecule has 0 aromatic heterocycles. The molecule has 1 aliphatic rings. The number of aromatic carboxylic acids is 1. The number of carboxylic acid groups (broad SMARTS) is 2. The van der Waals surface area contributed by atoms with E-state index in [1.165, 1.54) is 23.1 Å². The molecule has 0 aliphatic heterocycles. The van der Waals surface area contributed by atoms with Crippen LogP contribution in [0.25, 0.3) is 5.57 Å². The highest BCUT2D eigenvalue weighted by molar-refractivity contribution is 5.87. The summed E-state index contributed by atoms with van der Waals surface area (Å²) in [6, 6.07) is 13.5. The Kier molecular flexibility index (Phi) is 6.97. The molecule has 0 spiro atoms. The number of aliphatic carboxylic acids is 1. The summed E-state index contributed by atoms with van der Waals surface area (Å²) in [6.45, 7) is 11.3. The van der Waals surface area contributed by atoms with E-state index in [1.54, 1.807) is 24.3 Å². The van der Waals surface area contributed by atoms with Gasteiger partial charge in [-0.25, -0.2) is 9.59 Å². The summed E-state index contributed by atoms with van der Waals surface area (Å²) in [5, 5.41) is 18.4. The van der Waals surface area contributed by atoms with Gasteiger partial charge in [0.1, 0.15) is 0 Å². The van der Waals surface area contributed by atoms with Crippen molar-refractivity contribution in [3.8, 4) is 0 Å². The Bertz CT molecular complexity index is 1120. The number of rotatable bonds is 7. The molecule has 1 unspecified atom stereocenters. The van der Waals surface area contributed by atoms with Crippen molar-refractivity contribution in [2.24, 2.45) is 0 Å². The first-order valence-electron chi connectivity index (χ1n) is 11.5. The van der Waals surface area contributed by atoms with E-state index in [9.17, 15) is 14.7 Å². The molecule has 2 aromatic carbocycles. The maximum atomic E-state index is 11.4. The van der Waals surface area contributed by atoms with E-state index < -0.39 is 11.9 Å². The first kappa shape index (κ1) is 24.5. The van der Waals surface area contributed by atoms with Gasteiger partial charge in [-0.1, -0.05) is 70.2 Å². The molecule has 4 nitrogen and oxygen atoms in total. The molecule has 1 aliphatic carbocycles. The average molecular weight is 447 g/mol. The second-order valence-electron chi connectivity index (χ2n) is 10.4. The second kappa shape index (κ2) is 9.38. The summed E-state index contributed by atoms with van der Waals surface area (Å²) in [4.78, 5) is 22.5. The number of carboxylic acids is 2. The van der Waals surface area contributed by atoms with Gasteiger partial charge in [0.2, 0.25) is 0 Å². The Labute approximate surface area is 196 Å². The van der Waals surface area contributed by atoms with Gasteiger partial charge in [0.05, 0.1) is 5.56 Å². The average Bonchev–Trinajstić information content (AvgIpc) is 2.76. The van der Waals surface area contributed by atoms with E-state index in [0.717, 1.165) is 23.6 Å². The third kappa shape index (κ3) is 5.62. The third-order valence-corrected chi connectivity index (χ3v) is 7.02. The van der Waals surface area contributed by atoms with Crippen LogP contribution in [0.2, 0.25) is 0 Å². The Hall–Kier alpha value is -3.14. The lowest BCUT2D eigenvalue weighted by molar-refractivity contribution is -0.131. The highest BCUT2D eigenvalue weighted by atomic mass is 16.4. The predicted molar refractivity (Wildman–Crippen MR) is 133 cm³/mol. The van der Waals surface area contributed by atoms with Crippen LogP contribution in [0.1, 0.15) is 92.4 Å². The van der Waals surface area contributed by atoms with Crippen molar-refractivity contribution in [1.29, 1.82) is 0 Å². The Morgan fingerprint density at radius 2 is 1.61 bits per heavy atom. The number of benzene rings is 2. The van der Waals surface area contributed by atoms with Crippen molar-refractivity contribution in [2.45, 2.75) is 70.6 Å². The molecule has 0 fully saturated rings. The SMILES string of the molecule is CC(=CCC(C=CC(=O)O)c1cccc(C(=O)O)c1)c1ccc2c(c1)C(C)(C)CCC2(C)C. The van der Waals surface area contributed by atoms with E-state index in [0.29, 0.717) is 6.42 Å². The number of allylic oxidation sites excluding steroid dienone is 3. The van der Waals surface area contributed by atoms with Gasteiger partial charge in [-0.15, -0.1) is 0 Å². The molecule has 2 aromatic rings. The molecule has 1 atom stereocenters. The fourth-order valence-electron chi connectivity index (χ4n) is 4.68. The minimum atomic E-state index is -1.02. The van der Waals surface area contributed by atoms with Crippen LogP contribution in [0.3, 0.4) is 0 Å². The lowest BCUT2D eigenvalue weighted by Crippen LogP contribution is -2.33. The van der Waals surface area contributed by atoms with Crippen LogP contribution in [0.15, 0.2) is 60.7 Å². The second-order valence-corrected chi connectivity index (χ2v) is 10.4. The molecule has 174 valence electrons. The summed E-state index contributed by atoms with van der Waals surface area (Å²) in [7, 11) is 0. The van der Waals surface area contributed by atoms with E-state index in [4.69, 9.17) is 5.11 Å². The Balaban J connectivity index is 1.93. The maximum absolute atomic E-state index is 11.4. The van der Waals surface area contributed by atoms with Gasteiger partial charge in [-0.3, -0.25) is 0 Å². The molecule has 3 rings (SSSR count). The monoisotopic (exact) mass is 446 g/mol. The van der Waals surface area contributed by atoms with Crippen LogP contribution >= 0.6 is 0 Å². The number of carbonyl (C=O) groups is 2. The molecule has 33 heavy (non-hydrogen) atoms. The smallest absolute Gasteiger partial charge is 0.335 e. The Morgan fingerprint density at radius 1 is 0.939 bits per heavy atom. The van der Waals surface area contributed by atoms with Crippen LogP contribution in [-0.2, 0) is 15.6 Å². The predicted octanol–water partition coefficient (Wildman–Crippen LogP) is 6.95. The van der Waals surface area contributed by atoms with Crippen LogP contribution in [-0.4, -0.2) is 22.2 Å². The fraction of sp³-hybridized carbons (Fsp3) is 0.379. The Morgan fingerprint density at radius 3 is 2.24 bits per heavy atom. The van der Waals surface area contributed by atoms with Gasteiger partial charge < -0.3 is 10.2 Å². The molecule has 0 amide bonds. The van der Waals surface area contributed by atoms with Crippen molar-refractivity contribution in [3.05, 3.63) is 88.5 Å². The first-order chi connectivity index (χ1) is 15.4. The largest absolute Gasteiger partial charge is 0.478 e. The maximum Gasteiger partial charge on any atom is 0.335 e. The van der Waals surface area contributed by atoms with Gasteiger partial charge in [0.15, 0.2) is 0 Å². The molecule has 4 heteroatoms. The van der Waals surface area contributed by atoms with E-state index >= 15 is 0 Å². The molecule has 0 bridgehead atoms. The molecule has 0 saturated heterocycles. The van der Waals surface area contributed by atoms with Crippen LogP contribution in [0.4, 0.5) is 0 Å². The van der Waals surface area contributed by atoms with Crippen molar-refractivity contribution < 1.29 is 19.8 Å². The molecule has 0 saturated carbocycles. The minimum absolute atomic E-state index is 0.130. The van der Waals surface area contributed by atoms with Crippen LogP contribution in [0, 0.1) is 0 Å². The highest BCUT2D eigenvalue weighted by Gasteiger charge is 2.36. The van der Waals surface area contributed by atoms with Crippen LogP contribution < -0.4 is 0 Å². The van der Waals surface area contributed by atoms with Gasteiger partial charge in [-0.05, 0) is 77.0 Å².